The Balaban J connectivity index is 1.75. The van der Waals surface area contributed by atoms with Crippen molar-refractivity contribution < 1.29 is 19.1 Å². The Morgan fingerprint density at radius 2 is 1.79 bits per heavy atom. The molecule has 24 heavy (non-hydrogen) atoms. The highest BCUT2D eigenvalue weighted by molar-refractivity contribution is 5.94. The topological polar surface area (TPSA) is 103 Å². The van der Waals surface area contributed by atoms with Gasteiger partial charge in [-0.3, -0.25) is 9.59 Å². The van der Waals surface area contributed by atoms with Crippen LogP contribution in [-0.2, 0) is 9.53 Å². The van der Waals surface area contributed by atoms with Crippen molar-refractivity contribution in [3.63, 3.8) is 0 Å². The van der Waals surface area contributed by atoms with Crippen molar-refractivity contribution in [3.05, 3.63) is 29.8 Å². The van der Waals surface area contributed by atoms with E-state index in [2.05, 4.69) is 10.6 Å². The molecule has 0 aromatic heterocycles. The van der Waals surface area contributed by atoms with Crippen molar-refractivity contribution in [2.45, 2.75) is 12.8 Å². The first kappa shape index (κ1) is 18.2. The lowest BCUT2D eigenvalue weighted by Crippen LogP contribution is -2.50. The third kappa shape index (κ3) is 4.46. The van der Waals surface area contributed by atoms with E-state index < -0.39 is 5.41 Å². The van der Waals surface area contributed by atoms with E-state index in [9.17, 15) is 9.59 Å². The van der Waals surface area contributed by atoms with Gasteiger partial charge in [0.2, 0.25) is 5.91 Å². The average Bonchev–Trinajstić information content (AvgIpc) is 2.65. The molecule has 1 heterocycles. The van der Waals surface area contributed by atoms with E-state index in [1.165, 1.54) is 0 Å². The molecule has 0 bridgehead atoms. The Morgan fingerprint density at radius 1 is 1.17 bits per heavy atom. The lowest BCUT2D eigenvalue weighted by molar-refractivity contribution is -0.135. The quantitative estimate of drug-likeness (QED) is 0.622. The van der Waals surface area contributed by atoms with E-state index in [0.717, 1.165) is 0 Å². The zero-order chi connectivity index (χ0) is 17.4. The maximum Gasteiger partial charge on any atom is 0.251 e. The van der Waals surface area contributed by atoms with E-state index in [4.69, 9.17) is 15.2 Å². The number of rotatable bonds is 7. The maximum atomic E-state index is 12.4. The molecule has 0 unspecified atom stereocenters. The zero-order valence-electron chi connectivity index (χ0n) is 14.0. The van der Waals surface area contributed by atoms with Gasteiger partial charge in [-0.1, -0.05) is 0 Å². The van der Waals surface area contributed by atoms with E-state index in [1.54, 1.807) is 31.4 Å². The molecule has 1 aromatic carbocycles. The number of carbonyl (C=O) groups excluding carboxylic acids is 2. The van der Waals surface area contributed by atoms with Gasteiger partial charge in [0.05, 0.1) is 12.5 Å². The molecule has 132 valence electrons. The summed E-state index contributed by atoms with van der Waals surface area (Å²) in [7, 11) is 1.57. The van der Waals surface area contributed by atoms with Gasteiger partial charge in [0.25, 0.3) is 5.91 Å². The Bertz CT molecular complexity index is 553. The largest absolute Gasteiger partial charge is 0.497 e. The van der Waals surface area contributed by atoms with Crippen molar-refractivity contribution in [3.8, 4) is 5.75 Å². The molecule has 0 spiro atoms. The lowest BCUT2D eigenvalue weighted by Gasteiger charge is -2.34. The van der Waals surface area contributed by atoms with Crippen molar-refractivity contribution in [1.82, 2.24) is 10.6 Å². The minimum Gasteiger partial charge on any atom is -0.497 e. The molecule has 1 saturated heterocycles. The molecule has 2 amide bonds. The molecule has 7 heteroatoms. The molecule has 1 aromatic rings. The van der Waals surface area contributed by atoms with Crippen LogP contribution in [0.15, 0.2) is 24.3 Å². The van der Waals surface area contributed by atoms with Crippen LogP contribution in [0, 0.1) is 5.41 Å². The SMILES string of the molecule is COc1ccc(C(=O)NCCNC(=O)C2(CN)CCOCC2)cc1. The Labute approximate surface area is 141 Å². The Kier molecular flexibility index (Phi) is 6.57. The summed E-state index contributed by atoms with van der Waals surface area (Å²) in [6.45, 7) is 2.13. The Morgan fingerprint density at radius 3 is 2.38 bits per heavy atom. The van der Waals surface area contributed by atoms with Crippen LogP contribution >= 0.6 is 0 Å². The van der Waals surface area contributed by atoms with E-state index in [0.29, 0.717) is 57.0 Å². The number of nitrogens with two attached hydrogens (primary N) is 1. The van der Waals surface area contributed by atoms with Crippen LogP contribution in [0.5, 0.6) is 5.75 Å². The smallest absolute Gasteiger partial charge is 0.251 e. The van der Waals surface area contributed by atoms with Gasteiger partial charge < -0.3 is 25.8 Å². The van der Waals surface area contributed by atoms with E-state index in [1.807, 2.05) is 0 Å². The summed E-state index contributed by atoms with van der Waals surface area (Å²) in [4.78, 5) is 24.4. The van der Waals surface area contributed by atoms with Gasteiger partial charge in [0.15, 0.2) is 0 Å². The van der Waals surface area contributed by atoms with Crippen LogP contribution in [0.3, 0.4) is 0 Å². The van der Waals surface area contributed by atoms with Crippen LogP contribution < -0.4 is 21.1 Å². The normalized spacial score (nSPS) is 16.2. The van der Waals surface area contributed by atoms with Gasteiger partial charge in [-0.05, 0) is 37.1 Å². The molecule has 7 nitrogen and oxygen atoms in total. The van der Waals surface area contributed by atoms with Crippen molar-refractivity contribution in [2.24, 2.45) is 11.1 Å². The minimum atomic E-state index is -0.543. The van der Waals surface area contributed by atoms with Crippen LogP contribution in [0.4, 0.5) is 0 Å². The standard InChI is InChI=1S/C17H25N3O4/c1-23-14-4-2-13(3-5-14)15(21)19-8-9-20-16(22)17(12-18)6-10-24-11-7-17/h2-5H,6-12,18H2,1H3,(H,19,21)(H,20,22). The fourth-order valence-corrected chi connectivity index (χ4v) is 2.67. The number of amides is 2. The molecule has 0 radical (unpaired) electrons. The molecule has 1 aliphatic heterocycles. The highest BCUT2D eigenvalue weighted by Crippen LogP contribution is 2.29. The van der Waals surface area contributed by atoms with Gasteiger partial charge >= 0.3 is 0 Å². The summed E-state index contributed by atoms with van der Waals surface area (Å²) in [5.41, 5.74) is 5.80. The number of ether oxygens (including phenoxy) is 2. The molecular formula is C17H25N3O4. The molecule has 1 aliphatic rings. The summed E-state index contributed by atoms with van der Waals surface area (Å²) < 4.78 is 10.4. The predicted molar refractivity (Wildman–Crippen MR) is 89.9 cm³/mol. The maximum absolute atomic E-state index is 12.4. The summed E-state index contributed by atoms with van der Waals surface area (Å²) in [5, 5.41) is 5.63. The van der Waals surface area contributed by atoms with Gasteiger partial charge in [0, 0.05) is 38.4 Å². The van der Waals surface area contributed by atoms with Gasteiger partial charge in [-0.25, -0.2) is 0 Å². The molecule has 1 fully saturated rings. The summed E-state index contributed by atoms with van der Waals surface area (Å²) in [6, 6.07) is 6.84. The molecule has 4 N–H and O–H groups in total. The fourth-order valence-electron chi connectivity index (χ4n) is 2.67. The number of hydrogen-bond donors (Lipinski definition) is 3. The van der Waals surface area contributed by atoms with Gasteiger partial charge in [-0.2, -0.15) is 0 Å². The highest BCUT2D eigenvalue weighted by atomic mass is 16.5. The third-order valence-electron chi connectivity index (χ3n) is 4.37. The second-order valence-electron chi connectivity index (χ2n) is 5.84. The second-order valence-corrected chi connectivity index (χ2v) is 5.84. The predicted octanol–water partition coefficient (Wildman–Crippen LogP) is 0.297. The van der Waals surface area contributed by atoms with Crippen LogP contribution in [0.1, 0.15) is 23.2 Å². The molecular weight excluding hydrogens is 310 g/mol. The molecule has 0 atom stereocenters. The summed E-state index contributed by atoms with van der Waals surface area (Å²) in [6.07, 6.45) is 1.26. The van der Waals surface area contributed by atoms with Gasteiger partial charge in [-0.15, -0.1) is 0 Å². The lowest BCUT2D eigenvalue weighted by atomic mass is 9.79. The van der Waals surface area contributed by atoms with Crippen molar-refractivity contribution in [2.75, 3.05) is 40.0 Å². The first-order valence-corrected chi connectivity index (χ1v) is 8.10. The minimum absolute atomic E-state index is 0.0630. The summed E-state index contributed by atoms with van der Waals surface area (Å²) in [5.74, 6) is 0.445. The van der Waals surface area contributed by atoms with Crippen LogP contribution in [0.2, 0.25) is 0 Å². The zero-order valence-corrected chi connectivity index (χ0v) is 14.0. The van der Waals surface area contributed by atoms with Gasteiger partial charge in [0.1, 0.15) is 5.75 Å². The van der Waals surface area contributed by atoms with E-state index >= 15 is 0 Å². The second kappa shape index (κ2) is 8.65. The average molecular weight is 335 g/mol. The van der Waals surface area contributed by atoms with Crippen molar-refractivity contribution >= 4 is 11.8 Å². The number of carbonyl (C=O) groups is 2. The molecule has 0 aliphatic carbocycles. The number of methoxy groups -OCH3 is 1. The first-order chi connectivity index (χ1) is 11.6. The number of benzene rings is 1. The molecule has 2 rings (SSSR count). The first-order valence-electron chi connectivity index (χ1n) is 8.10. The van der Waals surface area contributed by atoms with Crippen molar-refractivity contribution in [1.29, 1.82) is 0 Å². The number of nitrogens with one attached hydrogen (secondary N) is 2. The fraction of sp³-hybridized carbons (Fsp3) is 0.529. The van der Waals surface area contributed by atoms with Crippen LogP contribution in [0.25, 0.3) is 0 Å². The van der Waals surface area contributed by atoms with Crippen LogP contribution in [-0.4, -0.2) is 51.8 Å². The van der Waals surface area contributed by atoms with E-state index in [-0.39, 0.29) is 11.8 Å². The Hall–Kier alpha value is -2.12. The summed E-state index contributed by atoms with van der Waals surface area (Å²) >= 11 is 0. The monoisotopic (exact) mass is 335 g/mol. The number of hydrogen-bond acceptors (Lipinski definition) is 5. The third-order valence-corrected chi connectivity index (χ3v) is 4.37. The highest BCUT2D eigenvalue weighted by Gasteiger charge is 2.38. The molecule has 0 saturated carbocycles.